The van der Waals surface area contributed by atoms with E-state index in [1.54, 1.807) is 0 Å². The summed E-state index contributed by atoms with van der Waals surface area (Å²) in [6.07, 6.45) is 0. The van der Waals surface area contributed by atoms with Gasteiger partial charge in [0, 0.05) is 0 Å². The fourth-order valence-electron chi connectivity index (χ4n) is 1.68. The lowest BCUT2D eigenvalue weighted by atomic mass is 10.2. The Morgan fingerprint density at radius 3 is 2.00 bits per heavy atom. The minimum atomic E-state index is 0.663. The van der Waals surface area contributed by atoms with Gasteiger partial charge in [0.05, 0.1) is 0 Å². The van der Waals surface area contributed by atoms with Gasteiger partial charge in [-0.25, -0.2) is 0 Å². The molecule has 2 aromatic rings. The summed E-state index contributed by atoms with van der Waals surface area (Å²) in [6.45, 7) is 5.45. The summed E-state index contributed by atoms with van der Waals surface area (Å²) in [5.41, 5.74) is 2.52. The Labute approximate surface area is 108 Å². The van der Waals surface area contributed by atoms with Crippen molar-refractivity contribution < 1.29 is 9.47 Å². The molecule has 0 amide bonds. The molecule has 3 rings (SSSR count). The van der Waals surface area contributed by atoms with Crippen molar-refractivity contribution in [1.29, 1.82) is 0 Å². The zero-order chi connectivity index (χ0) is 12.8. The number of hydrogen-bond donors (Lipinski definition) is 0. The molecule has 0 unspecified atom stereocenters. The zero-order valence-corrected chi connectivity index (χ0v) is 10.8. The molecule has 0 fully saturated rings. The van der Waals surface area contributed by atoms with Crippen molar-refractivity contribution in [3.05, 3.63) is 59.7 Å². The number of ether oxygens (including phenoxy) is 2. The Morgan fingerprint density at radius 1 is 0.722 bits per heavy atom. The Bertz CT molecular complexity index is 492. The average Bonchev–Trinajstić information content (AvgIpc) is 2.40. The highest BCUT2D eigenvalue weighted by molar-refractivity contribution is 5.43. The molecule has 1 aliphatic heterocycles. The van der Waals surface area contributed by atoms with Crippen molar-refractivity contribution in [3.8, 4) is 11.5 Å². The van der Waals surface area contributed by atoms with Gasteiger partial charge in [0.25, 0.3) is 0 Å². The first kappa shape index (κ1) is 12.5. The van der Waals surface area contributed by atoms with Crippen LogP contribution >= 0.6 is 0 Å². The first-order chi connectivity index (χ1) is 8.75. The largest absolute Gasteiger partial charge is 0.486 e. The Balaban J connectivity index is 0.000000149. The van der Waals surface area contributed by atoms with Gasteiger partial charge in [-0.05, 0) is 31.5 Å². The van der Waals surface area contributed by atoms with Crippen LogP contribution in [-0.4, -0.2) is 13.2 Å². The molecule has 0 saturated heterocycles. The second-order valence-electron chi connectivity index (χ2n) is 4.30. The van der Waals surface area contributed by atoms with E-state index in [2.05, 4.69) is 19.1 Å². The third-order valence-electron chi connectivity index (χ3n) is 2.64. The SMILES string of the molecule is Cc1ccc2c(c1)OCCO2.Cc1ccccc1. The van der Waals surface area contributed by atoms with E-state index >= 15 is 0 Å². The standard InChI is InChI=1S/C9H10O2.C7H8/c1-7-2-3-8-9(6-7)11-5-4-10-8;1-7-5-3-2-4-6-7/h2-3,6H,4-5H2,1H3;2-6H,1H3. The van der Waals surface area contributed by atoms with Gasteiger partial charge in [-0.1, -0.05) is 42.0 Å². The van der Waals surface area contributed by atoms with Gasteiger partial charge in [-0.15, -0.1) is 0 Å². The molecule has 0 atom stereocenters. The molecule has 0 N–H and O–H groups in total. The monoisotopic (exact) mass is 242 g/mol. The Kier molecular flexibility index (Phi) is 4.24. The van der Waals surface area contributed by atoms with Crippen molar-refractivity contribution in [1.82, 2.24) is 0 Å². The molecule has 2 heteroatoms. The van der Waals surface area contributed by atoms with Crippen LogP contribution in [0.15, 0.2) is 48.5 Å². The van der Waals surface area contributed by atoms with Gasteiger partial charge >= 0.3 is 0 Å². The maximum atomic E-state index is 5.38. The molecule has 2 aromatic carbocycles. The van der Waals surface area contributed by atoms with E-state index in [0.29, 0.717) is 13.2 Å². The lowest BCUT2D eigenvalue weighted by Crippen LogP contribution is -2.15. The highest BCUT2D eigenvalue weighted by Gasteiger charge is 2.09. The molecular formula is C16H18O2. The van der Waals surface area contributed by atoms with Gasteiger partial charge in [-0.2, -0.15) is 0 Å². The molecule has 0 saturated carbocycles. The maximum Gasteiger partial charge on any atom is 0.161 e. The van der Waals surface area contributed by atoms with Gasteiger partial charge in [0.1, 0.15) is 13.2 Å². The van der Waals surface area contributed by atoms with E-state index in [1.165, 1.54) is 11.1 Å². The molecule has 0 spiro atoms. The third kappa shape index (κ3) is 3.52. The van der Waals surface area contributed by atoms with Crippen LogP contribution in [0, 0.1) is 13.8 Å². The van der Waals surface area contributed by atoms with E-state index in [1.807, 2.05) is 43.3 Å². The number of hydrogen-bond acceptors (Lipinski definition) is 2. The minimum absolute atomic E-state index is 0.663. The highest BCUT2D eigenvalue weighted by Crippen LogP contribution is 2.30. The molecular weight excluding hydrogens is 224 g/mol. The van der Waals surface area contributed by atoms with Crippen molar-refractivity contribution >= 4 is 0 Å². The second-order valence-corrected chi connectivity index (χ2v) is 4.30. The van der Waals surface area contributed by atoms with Crippen molar-refractivity contribution in [2.75, 3.05) is 13.2 Å². The van der Waals surface area contributed by atoms with Crippen LogP contribution in [-0.2, 0) is 0 Å². The van der Waals surface area contributed by atoms with E-state index < -0.39 is 0 Å². The van der Waals surface area contributed by atoms with Crippen LogP contribution < -0.4 is 9.47 Å². The summed E-state index contributed by atoms with van der Waals surface area (Å²) in [5, 5.41) is 0. The summed E-state index contributed by atoms with van der Waals surface area (Å²) in [6, 6.07) is 16.2. The number of benzene rings is 2. The van der Waals surface area contributed by atoms with E-state index in [4.69, 9.17) is 9.47 Å². The second kappa shape index (κ2) is 6.10. The summed E-state index contributed by atoms with van der Waals surface area (Å²) in [5.74, 6) is 1.73. The normalized spacial score (nSPS) is 12.3. The first-order valence-electron chi connectivity index (χ1n) is 6.13. The smallest absolute Gasteiger partial charge is 0.161 e. The van der Waals surface area contributed by atoms with Crippen LogP contribution in [0.3, 0.4) is 0 Å². The molecule has 94 valence electrons. The predicted molar refractivity (Wildman–Crippen MR) is 73.3 cm³/mol. The van der Waals surface area contributed by atoms with E-state index in [-0.39, 0.29) is 0 Å². The quantitative estimate of drug-likeness (QED) is 0.700. The van der Waals surface area contributed by atoms with Crippen LogP contribution in [0.2, 0.25) is 0 Å². The average molecular weight is 242 g/mol. The molecule has 1 aliphatic rings. The molecule has 0 aliphatic carbocycles. The lowest BCUT2D eigenvalue weighted by molar-refractivity contribution is 0.171. The van der Waals surface area contributed by atoms with E-state index in [9.17, 15) is 0 Å². The minimum Gasteiger partial charge on any atom is -0.486 e. The highest BCUT2D eigenvalue weighted by atomic mass is 16.6. The number of aryl methyl sites for hydroxylation is 2. The van der Waals surface area contributed by atoms with E-state index in [0.717, 1.165) is 11.5 Å². The molecule has 18 heavy (non-hydrogen) atoms. The third-order valence-corrected chi connectivity index (χ3v) is 2.64. The molecule has 0 radical (unpaired) electrons. The summed E-state index contributed by atoms with van der Waals surface area (Å²) >= 11 is 0. The van der Waals surface area contributed by atoms with Gasteiger partial charge in [-0.3, -0.25) is 0 Å². The number of rotatable bonds is 0. The van der Waals surface area contributed by atoms with Crippen LogP contribution in [0.4, 0.5) is 0 Å². The summed E-state index contributed by atoms with van der Waals surface area (Å²) < 4.78 is 10.7. The molecule has 1 heterocycles. The Hall–Kier alpha value is -1.96. The van der Waals surface area contributed by atoms with Gasteiger partial charge < -0.3 is 9.47 Å². The number of fused-ring (bicyclic) bond motifs is 1. The first-order valence-corrected chi connectivity index (χ1v) is 6.13. The summed E-state index contributed by atoms with van der Waals surface area (Å²) in [7, 11) is 0. The topological polar surface area (TPSA) is 18.5 Å². The zero-order valence-electron chi connectivity index (χ0n) is 10.8. The van der Waals surface area contributed by atoms with Crippen molar-refractivity contribution in [2.45, 2.75) is 13.8 Å². The Morgan fingerprint density at radius 2 is 1.39 bits per heavy atom. The van der Waals surface area contributed by atoms with Gasteiger partial charge in [0.2, 0.25) is 0 Å². The fourth-order valence-corrected chi connectivity index (χ4v) is 1.68. The van der Waals surface area contributed by atoms with Crippen LogP contribution in [0.25, 0.3) is 0 Å². The van der Waals surface area contributed by atoms with Crippen LogP contribution in [0.5, 0.6) is 11.5 Å². The van der Waals surface area contributed by atoms with Gasteiger partial charge in [0.15, 0.2) is 11.5 Å². The molecule has 2 nitrogen and oxygen atoms in total. The molecule has 0 aromatic heterocycles. The lowest BCUT2D eigenvalue weighted by Gasteiger charge is -2.18. The molecule has 0 bridgehead atoms. The van der Waals surface area contributed by atoms with Crippen LogP contribution in [0.1, 0.15) is 11.1 Å². The maximum absolute atomic E-state index is 5.38. The summed E-state index contributed by atoms with van der Waals surface area (Å²) in [4.78, 5) is 0. The fraction of sp³-hybridized carbons (Fsp3) is 0.250. The predicted octanol–water partition coefficient (Wildman–Crippen LogP) is 3.76. The van der Waals surface area contributed by atoms with Crippen molar-refractivity contribution in [2.24, 2.45) is 0 Å². The van der Waals surface area contributed by atoms with Crippen molar-refractivity contribution in [3.63, 3.8) is 0 Å².